The van der Waals surface area contributed by atoms with E-state index < -0.39 is 24.6 Å². The molecule has 1 unspecified atom stereocenters. The zero-order chi connectivity index (χ0) is 12.4. The van der Waals surface area contributed by atoms with Crippen LogP contribution in [-0.2, 0) is 4.79 Å². The van der Waals surface area contributed by atoms with Crippen LogP contribution in [0.4, 0.5) is 4.79 Å². The molecule has 1 atom stereocenters. The Morgan fingerprint density at radius 1 is 1.38 bits per heavy atom. The van der Waals surface area contributed by atoms with Crippen LogP contribution in [0.3, 0.4) is 0 Å². The van der Waals surface area contributed by atoms with E-state index in [4.69, 9.17) is 10.2 Å². The number of carboxylic acids is 1. The van der Waals surface area contributed by atoms with Crippen molar-refractivity contribution in [3.63, 3.8) is 0 Å². The van der Waals surface area contributed by atoms with Crippen LogP contribution in [-0.4, -0.2) is 53.4 Å². The zero-order valence-corrected chi connectivity index (χ0v) is 10.0. The van der Waals surface area contributed by atoms with Crippen molar-refractivity contribution in [3.8, 4) is 0 Å². The number of thioether (sulfide) groups is 1. The maximum absolute atomic E-state index is 11.1. The number of aliphatic hydroxyl groups is 1. The lowest BCUT2D eigenvalue weighted by molar-refractivity contribution is -0.140. The second kappa shape index (κ2) is 9.29. The summed E-state index contributed by atoms with van der Waals surface area (Å²) in [6.07, 6.45) is 3.87. The fourth-order valence-corrected chi connectivity index (χ4v) is 1.46. The highest BCUT2D eigenvalue weighted by atomic mass is 32.2. The highest BCUT2D eigenvalue weighted by molar-refractivity contribution is 7.98. The van der Waals surface area contributed by atoms with Crippen molar-refractivity contribution in [2.45, 2.75) is 18.9 Å². The first-order valence-electron chi connectivity index (χ1n) is 4.98. The predicted molar refractivity (Wildman–Crippen MR) is 62.7 cm³/mol. The van der Waals surface area contributed by atoms with Crippen molar-refractivity contribution in [1.29, 1.82) is 0 Å². The van der Waals surface area contributed by atoms with Gasteiger partial charge in [-0.15, -0.1) is 0 Å². The molecule has 0 saturated heterocycles. The van der Waals surface area contributed by atoms with Crippen molar-refractivity contribution >= 4 is 23.8 Å². The number of aliphatic hydroxyl groups excluding tert-OH is 1. The van der Waals surface area contributed by atoms with E-state index in [1.54, 1.807) is 11.8 Å². The van der Waals surface area contributed by atoms with Crippen LogP contribution in [0.5, 0.6) is 0 Å². The lowest BCUT2D eigenvalue weighted by Gasteiger charge is -2.12. The average Bonchev–Trinajstić information content (AvgIpc) is 2.25. The summed E-state index contributed by atoms with van der Waals surface area (Å²) < 4.78 is 0. The van der Waals surface area contributed by atoms with Gasteiger partial charge in [0.1, 0.15) is 0 Å². The molecule has 0 fully saturated rings. The maximum Gasteiger partial charge on any atom is 0.328 e. The standard InChI is InChI=1S/C9H18N2O4S/c1-16-5-3-2-4-10-9(15)11-7(6-12)8(13)14/h7,12H,2-6H2,1H3,(H,13,14)(H2,10,11,15). The quantitative estimate of drug-likeness (QED) is 0.450. The van der Waals surface area contributed by atoms with Crippen molar-refractivity contribution in [2.24, 2.45) is 0 Å². The van der Waals surface area contributed by atoms with E-state index in [-0.39, 0.29) is 0 Å². The van der Waals surface area contributed by atoms with Crippen molar-refractivity contribution in [2.75, 3.05) is 25.2 Å². The number of urea groups is 1. The Morgan fingerprint density at radius 3 is 2.56 bits per heavy atom. The van der Waals surface area contributed by atoms with Gasteiger partial charge in [0.05, 0.1) is 6.61 Å². The number of amides is 2. The number of unbranched alkanes of at least 4 members (excludes halogenated alkanes) is 1. The largest absolute Gasteiger partial charge is 0.480 e. The Kier molecular flexibility index (Phi) is 8.74. The minimum absolute atomic E-state index is 0.504. The van der Waals surface area contributed by atoms with E-state index in [1.807, 2.05) is 6.26 Å². The number of carbonyl (C=O) groups excluding carboxylic acids is 1. The molecular formula is C9H18N2O4S. The number of hydrogen-bond donors (Lipinski definition) is 4. The Morgan fingerprint density at radius 2 is 2.06 bits per heavy atom. The van der Waals surface area contributed by atoms with Gasteiger partial charge in [-0.25, -0.2) is 9.59 Å². The Labute approximate surface area is 98.8 Å². The zero-order valence-electron chi connectivity index (χ0n) is 9.23. The topological polar surface area (TPSA) is 98.7 Å². The first kappa shape index (κ1) is 15.0. The van der Waals surface area contributed by atoms with Gasteiger partial charge in [0.2, 0.25) is 0 Å². The number of rotatable bonds is 8. The van der Waals surface area contributed by atoms with E-state index in [1.165, 1.54) is 0 Å². The average molecular weight is 250 g/mol. The summed E-state index contributed by atoms with van der Waals surface area (Å²) in [5.74, 6) is -0.211. The summed E-state index contributed by atoms with van der Waals surface area (Å²) >= 11 is 1.74. The van der Waals surface area contributed by atoms with Gasteiger partial charge in [0, 0.05) is 6.54 Å². The predicted octanol–water partition coefficient (Wildman–Crippen LogP) is -0.126. The van der Waals surface area contributed by atoms with E-state index in [9.17, 15) is 9.59 Å². The molecule has 0 aromatic carbocycles. The minimum Gasteiger partial charge on any atom is -0.480 e. The number of hydrogen-bond acceptors (Lipinski definition) is 4. The molecule has 0 aromatic heterocycles. The van der Waals surface area contributed by atoms with Gasteiger partial charge in [0.25, 0.3) is 0 Å². The third-order valence-electron chi connectivity index (χ3n) is 1.85. The lowest BCUT2D eigenvalue weighted by atomic mass is 10.3. The maximum atomic E-state index is 11.1. The molecule has 2 amide bonds. The Balaban J connectivity index is 3.61. The number of carboxylic acid groups (broad SMARTS) is 1. The summed E-state index contributed by atoms with van der Waals surface area (Å²) in [5.41, 5.74) is 0. The molecule has 4 N–H and O–H groups in total. The molecule has 0 radical (unpaired) electrons. The molecule has 0 bridgehead atoms. The minimum atomic E-state index is -1.25. The van der Waals surface area contributed by atoms with Crippen molar-refractivity contribution < 1.29 is 19.8 Å². The molecule has 16 heavy (non-hydrogen) atoms. The molecule has 0 heterocycles. The van der Waals surface area contributed by atoms with Crippen molar-refractivity contribution in [3.05, 3.63) is 0 Å². The monoisotopic (exact) mass is 250 g/mol. The lowest BCUT2D eigenvalue weighted by Crippen LogP contribution is -2.48. The third-order valence-corrected chi connectivity index (χ3v) is 2.54. The normalized spacial score (nSPS) is 11.9. The van der Waals surface area contributed by atoms with Gasteiger partial charge in [-0.1, -0.05) is 0 Å². The number of aliphatic carboxylic acids is 1. The van der Waals surface area contributed by atoms with Gasteiger partial charge in [-0.05, 0) is 24.9 Å². The molecule has 0 aromatic rings. The molecule has 7 heteroatoms. The van der Waals surface area contributed by atoms with Gasteiger partial charge < -0.3 is 20.8 Å². The fraction of sp³-hybridized carbons (Fsp3) is 0.778. The van der Waals surface area contributed by atoms with Crippen LogP contribution in [0.2, 0.25) is 0 Å². The van der Waals surface area contributed by atoms with E-state index in [0.717, 1.165) is 18.6 Å². The first-order chi connectivity index (χ1) is 7.61. The van der Waals surface area contributed by atoms with E-state index in [2.05, 4.69) is 10.6 Å². The Bertz CT molecular complexity index is 226. The Hall–Kier alpha value is -0.950. The molecule has 6 nitrogen and oxygen atoms in total. The molecule has 0 spiro atoms. The highest BCUT2D eigenvalue weighted by Crippen LogP contribution is 1.97. The number of carbonyl (C=O) groups is 2. The van der Waals surface area contributed by atoms with Gasteiger partial charge in [-0.2, -0.15) is 11.8 Å². The van der Waals surface area contributed by atoms with Crippen LogP contribution in [0, 0.1) is 0 Å². The molecule has 0 rings (SSSR count). The second-order valence-corrected chi connectivity index (χ2v) is 4.16. The van der Waals surface area contributed by atoms with Crippen LogP contribution in [0.25, 0.3) is 0 Å². The molecular weight excluding hydrogens is 232 g/mol. The van der Waals surface area contributed by atoms with E-state index >= 15 is 0 Å². The molecule has 0 aliphatic carbocycles. The third kappa shape index (κ3) is 7.36. The van der Waals surface area contributed by atoms with Crippen molar-refractivity contribution in [1.82, 2.24) is 10.6 Å². The second-order valence-electron chi connectivity index (χ2n) is 3.17. The molecule has 0 saturated carbocycles. The van der Waals surface area contributed by atoms with Gasteiger partial charge in [-0.3, -0.25) is 0 Å². The number of nitrogens with one attached hydrogen (secondary N) is 2. The van der Waals surface area contributed by atoms with Crippen LogP contribution >= 0.6 is 11.8 Å². The van der Waals surface area contributed by atoms with Gasteiger partial charge in [0.15, 0.2) is 6.04 Å². The first-order valence-corrected chi connectivity index (χ1v) is 6.38. The van der Waals surface area contributed by atoms with Crippen LogP contribution in [0.15, 0.2) is 0 Å². The SMILES string of the molecule is CSCCCCNC(=O)NC(CO)C(=O)O. The van der Waals surface area contributed by atoms with Gasteiger partial charge >= 0.3 is 12.0 Å². The fourth-order valence-electron chi connectivity index (χ4n) is 0.968. The summed E-state index contributed by atoms with van der Waals surface area (Å²) in [6, 6.07) is -1.81. The highest BCUT2D eigenvalue weighted by Gasteiger charge is 2.17. The summed E-state index contributed by atoms with van der Waals surface area (Å²) in [7, 11) is 0. The van der Waals surface area contributed by atoms with Crippen LogP contribution in [0.1, 0.15) is 12.8 Å². The van der Waals surface area contributed by atoms with E-state index in [0.29, 0.717) is 6.54 Å². The molecule has 0 aliphatic heterocycles. The summed E-state index contributed by atoms with van der Waals surface area (Å²) in [6.45, 7) is -0.112. The summed E-state index contributed by atoms with van der Waals surface area (Å²) in [5, 5.41) is 21.9. The molecule has 0 aliphatic rings. The molecule has 94 valence electrons. The smallest absolute Gasteiger partial charge is 0.328 e. The summed E-state index contributed by atoms with van der Waals surface area (Å²) in [4.78, 5) is 21.6. The van der Waals surface area contributed by atoms with Crippen LogP contribution < -0.4 is 10.6 Å².